The largest absolute Gasteiger partial charge is 0.373 e. The topological polar surface area (TPSA) is 46.6 Å². The average Bonchev–Trinajstić information content (AvgIpc) is 2.31. The SMILES string of the molecule is Cc1cc(S(=O)(=O)N2C[C@@H](C)O[C@H](C)C2)ccc1Cl. The summed E-state index contributed by atoms with van der Waals surface area (Å²) in [6, 6.07) is 4.79. The monoisotopic (exact) mass is 303 g/mol. The van der Waals surface area contributed by atoms with Crippen molar-refractivity contribution in [1.82, 2.24) is 4.31 Å². The molecule has 2 atom stereocenters. The second-order valence-electron chi connectivity index (χ2n) is 4.99. The van der Waals surface area contributed by atoms with Crippen LogP contribution in [0.5, 0.6) is 0 Å². The lowest BCUT2D eigenvalue weighted by atomic mass is 10.2. The molecule has 0 saturated carbocycles. The highest BCUT2D eigenvalue weighted by atomic mass is 35.5. The van der Waals surface area contributed by atoms with Gasteiger partial charge in [-0.15, -0.1) is 0 Å². The normalized spacial score (nSPS) is 25.5. The van der Waals surface area contributed by atoms with Gasteiger partial charge < -0.3 is 4.74 Å². The average molecular weight is 304 g/mol. The highest BCUT2D eigenvalue weighted by Gasteiger charge is 2.32. The lowest BCUT2D eigenvalue weighted by molar-refractivity contribution is -0.0440. The molecule has 4 nitrogen and oxygen atoms in total. The van der Waals surface area contributed by atoms with Crippen LogP contribution in [-0.2, 0) is 14.8 Å². The van der Waals surface area contributed by atoms with Gasteiger partial charge >= 0.3 is 0 Å². The molecule has 0 radical (unpaired) electrons. The number of rotatable bonds is 2. The Hall–Kier alpha value is -0.620. The van der Waals surface area contributed by atoms with Crippen LogP contribution < -0.4 is 0 Å². The van der Waals surface area contributed by atoms with Crippen LogP contribution in [0.25, 0.3) is 0 Å². The molecule has 1 fully saturated rings. The summed E-state index contributed by atoms with van der Waals surface area (Å²) in [5.41, 5.74) is 0.761. The minimum Gasteiger partial charge on any atom is -0.373 e. The Balaban J connectivity index is 2.33. The third kappa shape index (κ3) is 3.11. The summed E-state index contributed by atoms with van der Waals surface area (Å²) in [7, 11) is -3.47. The lowest BCUT2D eigenvalue weighted by Gasteiger charge is -2.34. The van der Waals surface area contributed by atoms with Crippen molar-refractivity contribution in [3.8, 4) is 0 Å². The zero-order chi connectivity index (χ0) is 14.2. The Bertz CT molecular complexity index is 563. The van der Waals surface area contributed by atoms with Gasteiger partial charge in [0.15, 0.2) is 0 Å². The van der Waals surface area contributed by atoms with E-state index >= 15 is 0 Å². The van der Waals surface area contributed by atoms with E-state index in [-0.39, 0.29) is 17.1 Å². The predicted octanol–water partition coefficient (Wildman–Crippen LogP) is 2.45. The molecule has 6 heteroatoms. The fourth-order valence-electron chi connectivity index (χ4n) is 2.25. The van der Waals surface area contributed by atoms with Crippen LogP contribution in [0.1, 0.15) is 19.4 Å². The minimum atomic E-state index is -3.47. The van der Waals surface area contributed by atoms with Crippen molar-refractivity contribution in [1.29, 1.82) is 0 Å². The van der Waals surface area contributed by atoms with Gasteiger partial charge in [0.25, 0.3) is 0 Å². The Morgan fingerprint density at radius 2 is 1.84 bits per heavy atom. The Morgan fingerprint density at radius 1 is 1.26 bits per heavy atom. The van der Waals surface area contributed by atoms with Crippen LogP contribution in [0.2, 0.25) is 5.02 Å². The lowest BCUT2D eigenvalue weighted by Crippen LogP contribution is -2.48. The van der Waals surface area contributed by atoms with E-state index in [9.17, 15) is 8.42 Å². The number of hydrogen-bond acceptors (Lipinski definition) is 3. The molecule has 0 bridgehead atoms. The molecule has 2 rings (SSSR count). The molecule has 19 heavy (non-hydrogen) atoms. The zero-order valence-electron chi connectivity index (χ0n) is 11.3. The maximum absolute atomic E-state index is 12.6. The highest BCUT2D eigenvalue weighted by molar-refractivity contribution is 7.89. The van der Waals surface area contributed by atoms with Gasteiger partial charge in [0.2, 0.25) is 10.0 Å². The first kappa shape index (κ1) is 14.8. The second-order valence-corrected chi connectivity index (χ2v) is 7.34. The van der Waals surface area contributed by atoms with Crippen molar-refractivity contribution in [3.63, 3.8) is 0 Å². The Kier molecular flexibility index (Phi) is 4.20. The number of aryl methyl sites for hydroxylation is 1. The van der Waals surface area contributed by atoms with Gasteiger partial charge in [-0.1, -0.05) is 11.6 Å². The summed E-state index contributed by atoms with van der Waals surface area (Å²) >= 11 is 5.93. The number of morpholine rings is 1. The number of halogens is 1. The van der Waals surface area contributed by atoms with Crippen molar-refractivity contribution in [2.45, 2.75) is 37.9 Å². The Morgan fingerprint density at radius 3 is 2.37 bits per heavy atom. The molecule has 1 aromatic rings. The van der Waals surface area contributed by atoms with Crippen LogP contribution in [0.4, 0.5) is 0 Å². The third-order valence-corrected chi connectivity index (χ3v) is 5.41. The van der Waals surface area contributed by atoms with Crippen LogP contribution in [0.15, 0.2) is 23.1 Å². The van der Waals surface area contributed by atoms with Gasteiger partial charge in [0.05, 0.1) is 17.1 Å². The van der Waals surface area contributed by atoms with Crippen LogP contribution >= 0.6 is 11.6 Å². The van der Waals surface area contributed by atoms with Crippen molar-refractivity contribution in [2.75, 3.05) is 13.1 Å². The van der Waals surface area contributed by atoms with Gasteiger partial charge in [-0.05, 0) is 44.5 Å². The summed E-state index contributed by atoms with van der Waals surface area (Å²) in [5, 5.41) is 0.572. The highest BCUT2D eigenvalue weighted by Crippen LogP contribution is 2.24. The zero-order valence-corrected chi connectivity index (χ0v) is 12.8. The molecule has 0 N–H and O–H groups in total. The van der Waals surface area contributed by atoms with E-state index in [0.29, 0.717) is 18.1 Å². The first-order valence-corrected chi connectivity index (χ1v) is 8.04. The molecule has 106 valence electrons. The van der Waals surface area contributed by atoms with Crippen molar-refractivity contribution >= 4 is 21.6 Å². The summed E-state index contributed by atoms with van der Waals surface area (Å²) in [6.45, 7) is 6.32. The van der Waals surface area contributed by atoms with E-state index in [1.54, 1.807) is 25.1 Å². The molecule has 0 aliphatic carbocycles. The summed E-state index contributed by atoms with van der Waals surface area (Å²) in [4.78, 5) is 0.288. The van der Waals surface area contributed by atoms with Gasteiger partial charge in [0, 0.05) is 18.1 Å². The molecular weight excluding hydrogens is 286 g/mol. The van der Waals surface area contributed by atoms with E-state index in [2.05, 4.69) is 0 Å². The standard InChI is InChI=1S/C13H18ClNO3S/c1-9-6-12(4-5-13(9)14)19(16,17)15-7-10(2)18-11(3)8-15/h4-6,10-11H,7-8H2,1-3H3/t10-,11-/m1/s1. The molecule has 0 spiro atoms. The summed E-state index contributed by atoms with van der Waals surface area (Å²) in [5.74, 6) is 0. The first-order chi connectivity index (χ1) is 8.80. The van der Waals surface area contributed by atoms with Crippen molar-refractivity contribution in [2.24, 2.45) is 0 Å². The first-order valence-electron chi connectivity index (χ1n) is 6.22. The summed E-state index contributed by atoms with van der Waals surface area (Å²) in [6.07, 6.45) is -0.182. The number of ether oxygens (including phenoxy) is 1. The molecule has 1 aliphatic heterocycles. The van der Waals surface area contributed by atoms with E-state index in [1.165, 1.54) is 4.31 Å². The molecule has 0 aromatic heterocycles. The van der Waals surface area contributed by atoms with E-state index < -0.39 is 10.0 Å². The van der Waals surface area contributed by atoms with Crippen LogP contribution in [0, 0.1) is 6.92 Å². The molecule has 1 saturated heterocycles. The molecule has 0 unspecified atom stereocenters. The van der Waals surface area contributed by atoms with E-state index in [0.717, 1.165) is 5.56 Å². The van der Waals surface area contributed by atoms with Crippen LogP contribution in [-0.4, -0.2) is 38.0 Å². The number of benzene rings is 1. The quantitative estimate of drug-likeness (QED) is 0.843. The molecular formula is C13H18ClNO3S. The van der Waals surface area contributed by atoms with Gasteiger partial charge in [-0.3, -0.25) is 0 Å². The Labute approximate surface area is 119 Å². The molecule has 1 aliphatic rings. The van der Waals surface area contributed by atoms with Crippen molar-refractivity contribution in [3.05, 3.63) is 28.8 Å². The van der Waals surface area contributed by atoms with Gasteiger partial charge in [0.1, 0.15) is 0 Å². The number of sulfonamides is 1. The number of hydrogen-bond donors (Lipinski definition) is 0. The third-order valence-electron chi connectivity index (χ3n) is 3.15. The molecule has 0 amide bonds. The molecule has 1 heterocycles. The smallest absolute Gasteiger partial charge is 0.243 e. The predicted molar refractivity (Wildman–Crippen MR) is 75.0 cm³/mol. The molecule has 1 aromatic carbocycles. The maximum Gasteiger partial charge on any atom is 0.243 e. The van der Waals surface area contributed by atoms with Gasteiger partial charge in [-0.2, -0.15) is 4.31 Å². The van der Waals surface area contributed by atoms with E-state index in [1.807, 2.05) is 13.8 Å². The number of nitrogens with zero attached hydrogens (tertiary/aromatic N) is 1. The minimum absolute atomic E-state index is 0.0908. The van der Waals surface area contributed by atoms with Gasteiger partial charge in [-0.25, -0.2) is 8.42 Å². The fraction of sp³-hybridized carbons (Fsp3) is 0.538. The summed E-state index contributed by atoms with van der Waals surface area (Å²) < 4.78 is 32.2. The van der Waals surface area contributed by atoms with Crippen LogP contribution in [0.3, 0.4) is 0 Å². The fourth-order valence-corrected chi connectivity index (χ4v) is 4.05. The second kappa shape index (κ2) is 5.40. The van der Waals surface area contributed by atoms with Crippen molar-refractivity contribution < 1.29 is 13.2 Å². The maximum atomic E-state index is 12.6. The van der Waals surface area contributed by atoms with E-state index in [4.69, 9.17) is 16.3 Å².